The Labute approximate surface area is 107 Å². The van der Waals surface area contributed by atoms with Crippen LogP contribution in [0.25, 0.3) is 22.2 Å². The van der Waals surface area contributed by atoms with E-state index < -0.39 is 0 Å². The van der Waals surface area contributed by atoms with Gasteiger partial charge in [-0.2, -0.15) is 0 Å². The molecule has 0 aliphatic heterocycles. The molecule has 3 rings (SSSR count). The second-order valence-electron chi connectivity index (χ2n) is 3.75. The Morgan fingerprint density at radius 3 is 2.53 bits per heavy atom. The Morgan fingerprint density at radius 2 is 1.71 bits per heavy atom. The summed E-state index contributed by atoms with van der Waals surface area (Å²) in [6.45, 7) is 0. The summed E-state index contributed by atoms with van der Waals surface area (Å²) in [5.74, 6) is 0. The molecule has 2 aromatic carbocycles. The van der Waals surface area contributed by atoms with Crippen molar-refractivity contribution in [2.45, 2.75) is 0 Å². The van der Waals surface area contributed by atoms with E-state index in [1.54, 1.807) is 6.33 Å². The van der Waals surface area contributed by atoms with Crippen LogP contribution in [0.15, 0.2) is 59.3 Å². The molecule has 0 bridgehead atoms. The Bertz CT molecular complexity index is 665. The Hall–Kier alpha value is -1.74. The molecule has 3 aromatic rings. The third-order valence-corrected chi connectivity index (χ3v) is 3.14. The van der Waals surface area contributed by atoms with Gasteiger partial charge in [0.2, 0.25) is 0 Å². The lowest BCUT2D eigenvalue weighted by molar-refractivity contribution is 1.22. The Balaban J connectivity index is 2.33. The summed E-state index contributed by atoms with van der Waals surface area (Å²) >= 11 is 3.48. The Morgan fingerprint density at radius 1 is 0.882 bits per heavy atom. The fourth-order valence-electron chi connectivity index (χ4n) is 1.85. The number of benzene rings is 2. The molecule has 0 aliphatic rings. The molecule has 0 N–H and O–H groups in total. The quantitative estimate of drug-likeness (QED) is 0.673. The highest BCUT2D eigenvalue weighted by molar-refractivity contribution is 9.10. The van der Waals surface area contributed by atoms with Crippen LogP contribution in [0, 0.1) is 0 Å². The predicted molar refractivity (Wildman–Crippen MR) is 72.7 cm³/mol. The SMILES string of the molecule is Brc1ccc2ncnc(-c3ccccc3)c2c1. The van der Waals surface area contributed by atoms with Gasteiger partial charge in [0.25, 0.3) is 0 Å². The smallest absolute Gasteiger partial charge is 0.116 e. The highest BCUT2D eigenvalue weighted by atomic mass is 79.9. The Kier molecular flexibility index (Phi) is 2.61. The summed E-state index contributed by atoms with van der Waals surface area (Å²) in [6, 6.07) is 16.2. The molecule has 0 saturated heterocycles. The lowest BCUT2D eigenvalue weighted by atomic mass is 10.1. The molecule has 0 atom stereocenters. The second-order valence-corrected chi connectivity index (χ2v) is 4.67. The molecular weight excluding hydrogens is 276 g/mol. The molecule has 1 heterocycles. The molecule has 1 aromatic heterocycles. The van der Waals surface area contributed by atoms with Crippen LogP contribution in [0.1, 0.15) is 0 Å². The first-order chi connectivity index (χ1) is 8.34. The number of rotatable bonds is 1. The molecule has 2 nitrogen and oxygen atoms in total. The van der Waals surface area contributed by atoms with Crippen LogP contribution in [0.5, 0.6) is 0 Å². The van der Waals surface area contributed by atoms with E-state index in [1.165, 1.54) is 0 Å². The van der Waals surface area contributed by atoms with Crippen LogP contribution in [0.4, 0.5) is 0 Å². The van der Waals surface area contributed by atoms with Gasteiger partial charge in [-0.3, -0.25) is 0 Å². The third kappa shape index (κ3) is 1.94. The summed E-state index contributed by atoms with van der Waals surface area (Å²) in [5.41, 5.74) is 3.04. The zero-order chi connectivity index (χ0) is 11.7. The first-order valence-corrected chi connectivity index (χ1v) is 6.09. The second kappa shape index (κ2) is 4.26. The van der Waals surface area contributed by atoms with Crippen molar-refractivity contribution in [2.75, 3.05) is 0 Å². The maximum atomic E-state index is 4.39. The average Bonchev–Trinajstić information content (AvgIpc) is 2.39. The number of halogens is 1. The lowest BCUT2D eigenvalue weighted by Gasteiger charge is -2.05. The minimum absolute atomic E-state index is 0.960. The van der Waals surface area contributed by atoms with Crippen molar-refractivity contribution in [2.24, 2.45) is 0 Å². The van der Waals surface area contributed by atoms with Crippen molar-refractivity contribution in [3.8, 4) is 11.3 Å². The zero-order valence-electron chi connectivity index (χ0n) is 8.97. The molecule has 0 spiro atoms. The van der Waals surface area contributed by atoms with Gasteiger partial charge in [0.1, 0.15) is 6.33 Å². The van der Waals surface area contributed by atoms with Crippen molar-refractivity contribution in [1.82, 2.24) is 9.97 Å². The van der Waals surface area contributed by atoms with Gasteiger partial charge in [0, 0.05) is 15.4 Å². The molecule has 3 heteroatoms. The van der Waals surface area contributed by atoms with E-state index in [0.29, 0.717) is 0 Å². The van der Waals surface area contributed by atoms with Gasteiger partial charge < -0.3 is 0 Å². The van der Waals surface area contributed by atoms with E-state index in [0.717, 1.165) is 26.6 Å². The molecule has 0 saturated carbocycles. The molecule has 17 heavy (non-hydrogen) atoms. The van der Waals surface area contributed by atoms with E-state index in [4.69, 9.17) is 0 Å². The van der Waals surface area contributed by atoms with Crippen molar-refractivity contribution >= 4 is 26.8 Å². The van der Waals surface area contributed by atoms with Gasteiger partial charge in [-0.1, -0.05) is 46.3 Å². The molecule has 82 valence electrons. The number of hydrogen-bond acceptors (Lipinski definition) is 2. The number of aromatic nitrogens is 2. The highest BCUT2D eigenvalue weighted by Gasteiger charge is 2.05. The van der Waals surface area contributed by atoms with Gasteiger partial charge in [-0.25, -0.2) is 9.97 Å². The van der Waals surface area contributed by atoms with Gasteiger partial charge in [-0.15, -0.1) is 0 Å². The molecular formula is C14H9BrN2. The standard InChI is InChI=1S/C14H9BrN2/c15-11-6-7-13-12(8-11)14(17-9-16-13)10-4-2-1-3-5-10/h1-9H. The fraction of sp³-hybridized carbons (Fsp3) is 0. The van der Waals surface area contributed by atoms with Gasteiger partial charge >= 0.3 is 0 Å². The van der Waals surface area contributed by atoms with Crippen LogP contribution in [0.3, 0.4) is 0 Å². The van der Waals surface area contributed by atoms with Crippen molar-refractivity contribution < 1.29 is 0 Å². The van der Waals surface area contributed by atoms with Gasteiger partial charge in [0.15, 0.2) is 0 Å². The van der Waals surface area contributed by atoms with E-state index in [9.17, 15) is 0 Å². The van der Waals surface area contributed by atoms with Crippen LogP contribution in [-0.4, -0.2) is 9.97 Å². The van der Waals surface area contributed by atoms with E-state index in [-0.39, 0.29) is 0 Å². The van der Waals surface area contributed by atoms with E-state index in [2.05, 4.69) is 44.1 Å². The summed E-state index contributed by atoms with van der Waals surface area (Å²) in [4.78, 5) is 8.66. The molecule has 0 amide bonds. The summed E-state index contributed by atoms with van der Waals surface area (Å²) < 4.78 is 1.04. The van der Waals surface area contributed by atoms with Crippen LogP contribution in [-0.2, 0) is 0 Å². The maximum absolute atomic E-state index is 4.39. The van der Waals surface area contributed by atoms with E-state index in [1.807, 2.05) is 30.3 Å². The molecule has 0 unspecified atom stereocenters. The van der Waals surface area contributed by atoms with Crippen LogP contribution < -0.4 is 0 Å². The van der Waals surface area contributed by atoms with Crippen LogP contribution in [0.2, 0.25) is 0 Å². The molecule has 0 radical (unpaired) electrons. The van der Waals surface area contributed by atoms with Crippen molar-refractivity contribution in [1.29, 1.82) is 0 Å². The van der Waals surface area contributed by atoms with Gasteiger partial charge in [-0.05, 0) is 18.2 Å². The molecule has 0 aliphatic carbocycles. The summed E-state index contributed by atoms with van der Waals surface area (Å²) in [6.07, 6.45) is 1.61. The predicted octanol–water partition coefficient (Wildman–Crippen LogP) is 4.06. The van der Waals surface area contributed by atoms with E-state index >= 15 is 0 Å². The summed E-state index contributed by atoms with van der Waals surface area (Å²) in [7, 11) is 0. The topological polar surface area (TPSA) is 25.8 Å². The van der Waals surface area contributed by atoms with Crippen molar-refractivity contribution in [3.63, 3.8) is 0 Å². The monoisotopic (exact) mass is 284 g/mol. The minimum atomic E-state index is 0.960. The van der Waals surface area contributed by atoms with Crippen molar-refractivity contribution in [3.05, 3.63) is 59.3 Å². The number of hydrogen-bond donors (Lipinski definition) is 0. The normalized spacial score (nSPS) is 10.6. The minimum Gasteiger partial charge on any atom is -0.236 e. The highest BCUT2D eigenvalue weighted by Crippen LogP contribution is 2.27. The third-order valence-electron chi connectivity index (χ3n) is 2.64. The molecule has 0 fully saturated rings. The first kappa shape index (κ1) is 10.4. The average molecular weight is 285 g/mol. The zero-order valence-corrected chi connectivity index (χ0v) is 10.6. The lowest BCUT2D eigenvalue weighted by Crippen LogP contribution is -1.88. The first-order valence-electron chi connectivity index (χ1n) is 5.30. The summed E-state index contributed by atoms with van der Waals surface area (Å²) in [5, 5.41) is 1.06. The largest absolute Gasteiger partial charge is 0.236 e. The van der Waals surface area contributed by atoms with Crippen LogP contribution >= 0.6 is 15.9 Å². The fourth-order valence-corrected chi connectivity index (χ4v) is 2.22. The maximum Gasteiger partial charge on any atom is 0.116 e. The number of nitrogens with zero attached hydrogens (tertiary/aromatic N) is 2. The number of fused-ring (bicyclic) bond motifs is 1. The van der Waals surface area contributed by atoms with Gasteiger partial charge in [0.05, 0.1) is 11.2 Å².